The molecule has 0 aliphatic rings. The topological polar surface area (TPSA) is 20.3 Å². The summed E-state index contributed by atoms with van der Waals surface area (Å²) in [5.41, 5.74) is 15.8. The number of aldehydes is 1. The molecule has 0 atom stereocenters. The molecule has 182 valence electrons. The van der Waals surface area contributed by atoms with Crippen LogP contribution in [0.3, 0.4) is 0 Å². The summed E-state index contributed by atoms with van der Waals surface area (Å²) in [7, 11) is 4.12. The Labute approximate surface area is 217 Å². The Morgan fingerprint density at radius 3 is 1.61 bits per heavy atom. The zero-order valence-corrected chi connectivity index (χ0v) is 22.9. The normalized spacial score (nSPS) is 10.9. The maximum Gasteiger partial charge on any atom is 0.243 e. The maximum atomic E-state index is 11.8. The van der Waals surface area contributed by atoms with E-state index in [9.17, 15) is 4.79 Å². The summed E-state index contributed by atoms with van der Waals surface area (Å²) in [6.45, 7) is 13.4. The van der Waals surface area contributed by atoms with E-state index in [0.29, 0.717) is 5.56 Å². The number of nitrogens with zero attached hydrogens (tertiary/aromatic N) is 1. The minimum Gasteiger partial charge on any atom is -0.377 e. The molecule has 0 N–H and O–H groups in total. The van der Waals surface area contributed by atoms with Gasteiger partial charge >= 0.3 is 0 Å². The lowest BCUT2D eigenvalue weighted by atomic mass is 9.33. The van der Waals surface area contributed by atoms with Crippen LogP contribution in [-0.2, 0) is 0 Å². The van der Waals surface area contributed by atoms with Crippen LogP contribution >= 0.6 is 0 Å². The zero-order chi connectivity index (χ0) is 26.1. The first-order valence-corrected chi connectivity index (χ1v) is 12.6. The molecule has 2 nitrogen and oxygen atoms in total. The third kappa shape index (κ3) is 4.75. The van der Waals surface area contributed by atoms with Gasteiger partial charge in [-0.3, -0.25) is 4.79 Å². The quantitative estimate of drug-likeness (QED) is 0.269. The first-order valence-electron chi connectivity index (χ1n) is 12.6. The predicted molar refractivity (Wildman–Crippen MR) is 158 cm³/mol. The van der Waals surface area contributed by atoms with E-state index >= 15 is 0 Å². The van der Waals surface area contributed by atoms with E-state index in [-0.39, 0.29) is 6.71 Å². The van der Waals surface area contributed by atoms with Crippen LogP contribution < -0.4 is 21.3 Å². The molecule has 0 saturated carbocycles. The monoisotopic (exact) mass is 473 g/mol. The van der Waals surface area contributed by atoms with Gasteiger partial charge in [0.1, 0.15) is 6.29 Å². The van der Waals surface area contributed by atoms with E-state index in [1.165, 1.54) is 49.8 Å². The van der Waals surface area contributed by atoms with Gasteiger partial charge in [0.2, 0.25) is 6.71 Å². The van der Waals surface area contributed by atoms with Crippen LogP contribution in [0.2, 0.25) is 0 Å². The summed E-state index contributed by atoms with van der Waals surface area (Å²) >= 11 is 0. The van der Waals surface area contributed by atoms with Crippen molar-refractivity contribution in [2.45, 2.75) is 41.5 Å². The van der Waals surface area contributed by atoms with Crippen molar-refractivity contribution in [2.75, 3.05) is 19.0 Å². The van der Waals surface area contributed by atoms with E-state index in [1.54, 1.807) is 0 Å². The highest BCUT2D eigenvalue weighted by Crippen LogP contribution is 2.30. The second kappa shape index (κ2) is 10.2. The summed E-state index contributed by atoms with van der Waals surface area (Å²) in [4.78, 5) is 13.9. The standard InChI is InChI=1S/C33H36BNO/c1-21-15-23(3)32(24(4)16-21)34(33-25(5)17-22(2)18-26(33)6)30-12-10-9-11-28(30)29-19-27(20-36)13-14-31(29)35(7)8/h9-20H,1-8H3. The Balaban J connectivity index is 2.13. The van der Waals surface area contributed by atoms with E-state index in [2.05, 4.69) is 115 Å². The van der Waals surface area contributed by atoms with Gasteiger partial charge in [0, 0.05) is 30.9 Å². The number of aryl methyl sites for hydroxylation is 6. The van der Waals surface area contributed by atoms with Gasteiger partial charge < -0.3 is 4.90 Å². The molecule has 0 amide bonds. The van der Waals surface area contributed by atoms with Crippen molar-refractivity contribution in [1.29, 1.82) is 0 Å². The number of carbonyl (C=O) groups excluding carboxylic acids is 1. The molecule has 4 rings (SSSR count). The fraction of sp³-hybridized carbons (Fsp3) is 0.242. The minimum atomic E-state index is 0.0669. The second-order valence-electron chi connectivity index (χ2n) is 10.4. The molecule has 0 unspecified atom stereocenters. The minimum absolute atomic E-state index is 0.0669. The van der Waals surface area contributed by atoms with Gasteiger partial charge in [-0.1, -0.05) is 98.3 Å². The molecule has 3 heteroatoms. The highest BCUT2D eigenvalue weighted by Gasteiger charge is 2.31. The number of rotatable bonds is 6. The Kier molecular flexibility index (Phi) is 7.22. The van der Waals surface area contributed by atoms with Gasteiger partial charge in [0.25, 0.3) is 0 Å². The van der Waals surface area contributed by atoms with Gasteiger partial charge in [-0.05, 0) is 65.3 Å². The molecule has 4 aromatic carbocycles. The van der Waals surface area contributed by atoms with E-state index in [1.807, 2.05) is 12.1 Å². The molecule has 4 aromatic rings. The fourth-order valence-corrected chi connectivity index (χ4v) is 5.98. The molecule has 0 aliphatic carbocycles. The van der Waals surface area contributed by atoms with Crippen molar-refractivity contribution in [3.8, 4) is 11.1 Å². The van der Waals surface area contributed by atoms with Crippen molar-refractivity contribution in [2.24, 2.45) is 0 Å². The Bertz CT molecular complexity index is 1350. The molecule has 0 radical (unpaired) electrons. The molecule has 0 bridgehead atoms. The van der Waals surface area contributed by atoms with Crippen LogP contribution in [0, 0.1) is 41.5 Å². The Morgan fingerprint density at radius 1 is 0.639 bits per heavy atom. The van der Waals surface area contributed by atoms with Crippen LogP contribution in [-0.4, -0.2) is 27.1 Å². The number of anilines is 1. The van der Waals surface area contributed by atoms with Gasteiger partial charge in [0.15, 0.2) is 0 Å². The molecular weight excluding hydrogens is 437 g/mol. The predicted octanol–water partition coefficient (Wildman–Crippen LogP) is 5.60. The van der Waals surface area contributed by atoms with Crippen molar-refractivity contribution in [3.63, 3.8) is 0 Å². The van der Waals surface area contributed by atoms with Gasteiger partial charge in [-0.15, -0.1) is 0 Å². The molecule has 0 aromatic heterocycles. The van der Waals surface area contributed by atoms with Crippen molar-refractivity contribution in [1.82, 2.24) is 0 Å². The fourth-order valence-electron chi connectivity index (χ4n) is 5.98. The second-order valence-corrected chi connectivity index (χ2v) is 10.4. The lowest BCUT2D eigenvalue weighted by Crippen LogP contribution is -2.56. The van der Waals surface area contributed by atoms with Crippen LogP contribution in [0.1, 0.15) is 43.7 Å². The first kappa shape index (κ1) is 25.5. The number of hydrogen-bond donors (Lipinski definition) is 0. The zero-order valence-electron chi connectivity index (χ0n) is 22.9. The number of benzene rings is 4. The molecule has 0 saturated heterocycles. The van der Waals surface area contributed by atoms with Crippen LogP contribution in [0.25, 0.3) is 11.1 Å². The van der Waals surface area contributed by atoms with Crippen LogP contribution in [0.5, 0.6) is 0 Å². The average Bonchev–Trinajstić information content (AvgIpc) is 2.81. The van der Waals surface area contributed by atoms with Gasteiger partial charge in [0.05, 0.1) is 0 Å². The highest BCUT2D eigenvalue weighted by atomic mass is 16.1. The summed E-state index contributed by atoms with van der Waals surface area (Å²) in [5, 5.41) is 0. The van der Waals surface area contributed by atoms with Crippen molar-refractivity contribution in [3.05, 3.63) is 106 Å². The van der Waals surface area contributed by atoms with Gasteiger partial charge in [-0.2, -0.15) is 0 Å². The first-order chi connectivity index (χ1) is 17.1. The molecular formula is C33H36BNO. The van der Waals surface area contributed by atoms with E-state index < -0.39 is 0 Å². The van der Waals surface area contributed by atoms with E-state index in [4.69, 9.17) is 0 Å². The molecule has 0 aliphatic heterocycles. The maximum absolute atomic E-state index is 11.8. The van der Waals surface area contributed by atoms with Gasteiger partial charge in [-0.25, -0.2) is 0 Å². The molecule has 0 spiro atoms. The third-order valence-corrected chi connectivity index (χ3v) is 7.25. The average molecular weight is 473 g/mol. The third-order valence-electron chi connectivity index (χ3n) is 7.25. The van der Waals surface area contributed by atoms with E-state index in [0.717, 1.165) is 23.1 Å². The summed E-state index contributed by atoms with van der Waals surface area (Å²) in [6, 6.07) is 23.9. The van der Waals surface area contributed by atoms with Crippen LogP contribution in [0.4, 0.5) is 5.69 Å². The SMILES string of the molecule is Cc1cc(C)c(B(c2ccccc2-c2cc(C=O)ccc2N(C)C)c2c(C)cc(C)cc2C)c(C)c1. The van der Waals surface area contributed by atoms with Crippen molar-refractivity contribution < 1.29 is 4.79 Å². The van der Waals surface area contributed by atoms with Crippen LogP contribution in [0.15, 0.2) is 66.7 Å². The Hall–Kier alpha value is -3.59. The summed E-state index contributed by atoms with van der Waals surface area (Å²) < 4.78 is 0. The number of hydrogen-bond acceptors (Lipinski definition) is 2. The highest BCUT2D eigenvalue weighted by molar-refractivity contribution is 6.97. The molecule has 0 heterocycles. The largest absolute Gasteiger partial charge is 0.377 e. The Morgan fingerprint density at radius 2 is 1.14 bits per heavy atom. The molecule has 0 fully saturated rings. The van der Waals surface area contributed by atoms with Crippen molar-refractivity contribution >= 4 is 35.1 Å². The number of carbonyl (C=O) groups is 1. The summed E-state index contributed by atoms with van der Waals surface area (Å²) in [5.74, 6) is 0. The lowest BCUT2D eigenvalue weighted by Gasteiger charge is -2.27. The summed E-state index contributed by atoms with van der Waals surface area (Å²) in [6.07, 6.45) is 0.936. The molecule has 36 heavy (non-hydrogen) atoms. The lowest BCUT2D eigenvalue weighted by molar-refractivity contribution is 0.112. The smallest absolute Gasteiger partial charge is 0.243 e.